The van der Waals surface area contributed by atoms with Crippen LogP contribution in [-0.4, -0.2) is 33.8 Å². The maximum absolute atomic E-state index is 11.8. The number of esters is 1. The van der Waals surface area contributed by atoms with Gasteiger partial charge in [0, 0.05) is 5.69 Å². The zero-order chi connectivity index (χ0) is 13.6. The van der Waals surface area contributed by atoms with Gasteiger partial charge in [-0.05, 0) is 30.7 Å². The molecule has 0 spiro atoms. The number of anilines is 1. The summed E-state index contributed by atoms with van der Waals surface area (Å²) in [5.74, 6) is -0.236. The third-order valence-electron chi connectivity index (χ3n) is 2.35. The number of benzene rings is 1. The van der Waals surface area contributed by atoms with Gasteiger partial charge in [-0.15, -0.1) is 0 Å². The Kier molecular flexibility index (Phi) is 5.15. The highest BCUT2D eigenvalue weighted by molar-refractivity contribution is 7.91. The lowest BCUT2D eigenvalue weighted by molar-refractivity contribution is -0.138. The molecule has 0 aliphatic carbocycles. The predicted molar refractivity (Wildman–Crippen MR) is 69.3 cm³/mol. The number of hydrogen-bond acceptors (Lipinski definition) is 5. The molecule has 1 N–H and O–H groups in total. The molecular weight excluding hydrogens is 254 g/mol. The summed E-state index contributed by atoms with van der Waals surface area (Å²) >= 11 is 0. The summed E-state index contributed by atoms with van der Waals surface area (Å²) in [5, 5.41) is 2.84. The Labute approximate surface area is 107 Å². The molecule has 1 aromatic carbocycles. The second kappa shape index (κ2) is 6.39. The fourth-order valence-electron chi connectivity index (χ4n) is 1.41. The standard InChI is InChI=1S/C12H17NO4S/c1-3-8-18(15,16)11-6-4-10(5-7-11)13-9-12(14)17-2/h4-7,13H,3,8-9H2,1-2H3. The van der Waals surface area contributed by atoms with E-state index in [0.717, 1.165) is 0 Å². The lowest BCUT2D eigenvalue weighted by atomic mass is 10.3. The van der Waals surface area contributed by atoms with Gasteiger partial charge in [0.2, 0.25) is 0 Å². The van der Waals surface area contributed by atoms with Crippen LogP contribution < -0.4 is 5.32 Å². The van der Waals surface area contributed by atoms with Gasteiger partial charge in [0.1, 0.15) is 6.54 Å². The minimum absolute atomic E-state index is 0.0531. The average Bonchev–Trinajstić information content (AvgIpc) is 2.36. The highest BCUT2D eigenvalue weighted by Crippen LogP contribution is 2.15. The van der Waals surface area contributed by atoms with E-state index in [4.69, 9.17) is 0 Å². The van der Waals surface area contributed by atoms with E-state index in [1.54, 1.807) is 12.1 Å². The topological polar surface area (TPSA) is 72.5 Å². The van der Waals surface area contributed by atoms with Crippen LogP contribution in [0.4, 0.5) is 5.69 Å². The van der Waals surface area contributed by atoms with Crippen LogP contribution in [0.1, 0.15) is 13.3 Å². The highest BCUT2D eigenvalue weighted by Gasteiger charge is 2.12. The normalized spacial score (nSPS) is 11.0. The number of nitrogens with one attached hydrogen (secondary N) is 1. The number of carbonyl (C=O) groups is 1. The molecule has 0 aliphatic rings. The van der Waals surface area contributed by atoms with Gasteiger partial charge in [-0.25, -0.2) is 8.42 Å². The van der Waals surface area contributed by atoms with Crippen LogP contribution in [0.25, 0.3) is 0 Å². The molecule has 0 saturated heterocycles. The van der Waals surface area contributed by atoms with Crippen LogP contribution in [-0.2, 0) is 19.4 Å². The fourth-order valence-corrected chi connectivity index (χ4v) is 2.74. The van der Waals surface area contributed by atoms with E-state index in [1.807, 2.05) is 6.92 Å². The molecule has 0 unspecified atom stereocenters. The maximum atomic E-state index is 11.8. The quantitative estimate of drug-likeness (QED) is 0.793. The SMILES string of the molecule is CCCS(=O)(=O)c1ccc(NCC(=O)OC)cc1. The lowest BCUT2D eigenvalue weighted by Crippen LogP contribution is -2.15. The third kappa shape index (κ3) is 4.03. The van der Waals surface area contributed by atoms with Crippen molar-refractivity contribution in [1.82, 2.24) is 0 Å². The molecular formula is C12H17NO4S. The van der Waals surface area contributed by atoms with Crippen LogP contribution in [0.5, 0.6) is 0 Å². The molecule has 0 radical (unpaired) electrons. The van der Waals surface area contributed by atoms with E-state index < -0.39 is 9.84 Å². The van der Waals surface area contributed by atoms with Crippen molar-refractivity contribution in [1.29, 1.82) is 0 Å². The monoisotopic (exact) mass is 271 g/mol. The zero-order valence-electron chi connectivity index (χ0n) is 10.5. The Bertz CT molecular complexity index is 493. The molecule has 0 atom stereocenters. The molecule has 1 rings (SSSR count). The van der Waals surface area contributed by atoms with E-state index in [-0.39, 0.29) is 18.3 Å². The number of sulfone groups is 1. The molecule has 1 aromatic rings. The first-order chi connectivity index (χ1) is 8.49. The van der Waals surface area contributed by atoms with Crippen molar-refractivity contribution in [2.75, 3.05) is 24.7 Å². The predicted octanol–water partition coefficient (Wildman–Crippen LogP) is 1.46. The lowest BCUT2D eigenvalue weighted by Gasteiger charge is -2.06. The Hall–Kier alpha value is -1.56. The molecule has 100 valence electrons. The molecule has 18 heavy (non-hydrogen) atoms. The van der Waals surface area contributed by atoms with Crippen molar-refractivity contribution >= 4 is 21.5 Å². The minimum atomic E-state index is -3.18. The number of hydrogen-bond donors (Lipinski definition) is 1. The third-order valence-corrected chi connectivity index (χ3v) is 4.29. The summed E-state index contributed by atoms with van der Waals surface area (Å²) in [5.41, 5.74) is 0.677. The molecule has 0 bridgehead atoms. The van der Waals surface area contributed by atoms with E-state index >= 15 is 0 Å². The summed E-state index contributed by atoms with van der Waals surface area (Å²) in [6.45, 7) is 1.88. The highest BCUT2D eigenvalue weighted by atomic mass is 32.2. The fraction of sp³-hybridized carbons (Fsp3) is 0.417. The molecule has 0 aromatic heterocycles. The van der Waals surface area contributed by atoms with Gasteiger partial charge in [0.25, 0.3) is 0 Å². The van der Waals surface area contributed by atoms with Gasteiger partial charge >= 0.3 is 5.97 Å². The Morgan fingerprint density at radius 3 is 2.39 bits per heavy atom. The largest absolute Gasteiger partial charge is 0.468 e. The van der Waals surface area contributed by atoms with E-state index in [0.29, 0.717) is 17.0 Å². The van der Waals surface area contributed by atoms with Crippen LogP contribution >= 0.6 is 0 Å². The first-order valence-electron chi connectivity index (χ1n) is 5.63. The maximum Gasteiger partial charge on any atom is 0.325 e. The summed E-state index contributed by atoms with van der Waals surface area (Å²) in [6.07, 6.45) is 0.588. The second-order valence-corrected chi connectivity index (χ2v) is 5.88. The van der Waals surface area contributed by atoms with E-state index in [9.17, 15) is 13.2 Å². The second-order valence-electron chi connectivity index (χ2n) is 3.77. The molecule has 5 nitrogen and oxygen atoms in total. The van der Waals surface area contributed by atoms with Crippen LogP contribution in [0.2, 0.25) is 0 Å². The summed E-state index contributed by atoms with van der Waals surface area (Å²) < 4.78 is 28.0. The van der Waals surface area contributed by atoms with Gasteiger partial charge in [0.15, 0.2) is 9.84 Å². The van der Waals surface area contributed by atoms with Crippen LogP contribution in [0, 0.1) is 0 Å². The minimum Gasteiger partial charge on any atom is -0.468 e. The van der Waals surface area contributed by atoms with Gasteiger partial charge in [-0.2, -0.15) is 0 Å². The van der Waals surface area contributed by atoms with Crippen molar-refractivity contribution in [3.63, 3.8) is 0 Å². The van der Waals surface area contributed by atoms with Gasteiger partial charge < -0.3 is 10.1 Å². The number of ether oxygens (including phenoxy) is 1. The first-order valence-corrected chi connectivity index (χ1v) is 7.28. The Morgan fingerprint density at radius 1 is 1.28 bits per heavy atom. The molecule has 0 aliphatic heterocycles. The Morgan fingerprint density at radius 2 is 1.89 bits per heavy atom. The van der Waals surface area contributed by atoms with Gasteiger partial charge in [0.05, 0.1) is 17.8 Å². The number of methoxy groups -OCH3 is 1. The molecule has 0 amide bonds. The van der Waals surface area contributed by atoms with Gasteiger partial charge in [-0.3, -0.25) is 4.79 Å². The number of rotatable bonds is 6. The Balaban J connectivity index is 2.71. The van der Waals surface area contributed by atoms with Crippen molar-refractivity contribution in [2.24, 2.45) is 0 Å². The van der Waals surface area contributed by atoms with E-state index in [2.05, 4.69) is 10.1 Å². The molecule has 0 saturated carbocycles. The molecule has 6 heteroatoms. The van der Waals surface area contributed by atoms with Crippen LogP contribution in [0.15, 0.2) is 29.2 Å². The van der Waals surface area contributed by atoms with Crippen molar-refractivity contribution < 1.29 is 17.9 Å². The van der Waals surface area contributed by atoms with Crippen LogP contribution in [0.3, 0.4) is 0 Å². The first kappa shape index (κ1) is 14.5. The van der Waals surface area contributed by atoms with Crippen molar-refractivity contribution in [3.8, 4) is 0 Å². The van der Waals surface area contributed by atoms with E-state index in [1.165, 1.54) is 19.2 Å². The summed E-state index contributed by atoms with van der Waals surface area (Å²) in [7, 11) is -1.87. The smallest absolute Gasteiger partial charge is 0.325 e. The number of carbonyl (C=O) groups excluding carboxylic acids is 1. The zero-order valence-corrected chi connectivity index (χ0v) is 11.3. The summed E-state index contributed by atoms with van der Waals surface area (Å²) in [4.78, 5) is 11.2. The van der Waals surface area contributed by atoms with Gasteiger partial charge in [-0.1, -0.05) is 6.92 Å². The average molecular weight is 271 g/mol. The summed E-state index contributed by atoms with van der Waals surface area (Å²) in [6, 6.07) is 6.33. The van der Waals surface area contributed by atoms with Crippen molar-refractivity contribution in [2.45, 2.75) is 18.2 Å². The molecule has 0 heterocycles. The molecule has 0 fully saturated rings. The van der Waals surface area contributed by atoms with Crippen molar-refractivity contribution in [3.05, 3.63) is 24.3 Å².